The summed E-state index contributed by atoms with van der Waals surface area (Å²) < 4.78 is 0. The normalized spacial score (nSPS) is 20.6. The standard InChI is InChI=1S/C10H11N3OS/c1-6-2-4-13(6)10-11-8(14)7-3-5-15-9(7)12-10/h3,5-6H,2,4H2,1H3,(H,11,12,14). The molecule has 2 aromatic heterocycles. The van der Waals surface area contributed by atoms with Gasteiger partial charge in [-0.05, 0) is 24.8 Å². The lowest BCUT2D eigenvalue weighted by Crippen LogP contribution is -2.47. The van der Waals surface area contributed by atoms with Crippen molar-refractivity contribution in [1.29, 1.82) is 0 Å². The summed E-state index contributed by atoms with van der Waals surface area (Å²) in [6, 6.07) is 2.31. The summed E-state index contributed by atoms with van der Waals surface area (Å²) in [5.41, 5.74) is -0.0321. The molecule has 0 saturated carbocycles. The number of aromatic nitrogens is 2. The van der Waals surface area contributed by atoms with Crippen LogP contribution in [-0.2, 0) is 0 Å². The first kappa shape index (κ1) is 8.91. The third-order valence-corrected chi connectivity index (χ3v) is 3.72. The summed E-state index contributed by atoms with van der Waals surface area (Å²) in [5, 5.41) is 2.59. The van der Waals surface area contributed by atoms with E-state index in [1.54, 1.807) is 0 Å². The van der Waals surface area contributed by atoms with Gasteiger partial charge in [-0.3, -0.25) is 9.78 Å². The molecule has 0 aromatic carbocycles. The van der Waals surface area contributed by atoms with Crippen molar-refractivity contribution in [3.63, 3.8) is 0 Å². The van der Waals surface area contributed by atoms with Gasteiger partial charge >= 0.3 is 0 Å². The molecule has 1 unspecified atom stereocenters. The lowest BCUT2D eigenvalue weighted by atomic mass is 10.1. The third kappa shape index (κ3) is 1.26. The van der Waals surface area contributed by atoms with Gasteiger partial charge in [0.15, 0.2) is 0 Å². The van der Waals surface area contributed by atoms with Crippen molar-refractivity contribution in [2.45, 2.75) is 19.4 Å². The third-order valence-electron chi connectivity index (χ3n) is 2.91. The number of thiophene rings is 1. The fraction of sp³-hybridized carbons (Fsp3) is 0.400. The summed E-state index contributed by atoms with van der Waals surface area (Å²) in [7, 11) is 0. The molecule has 1 aliphatic rings. The SMILES string of the molecule is CC1CCN1c1nc2sccc2c(=O)[nH]1. The molecular weight excluding hydrogens is 210 g/mol. The monoisotopic (exact) mass is 221 g/mol. The van der Waals surface area contributed by atoms with Crippen molar-refractivity contribution in [3.05, 3.63) is 21.8 Å². The molecule has 0 amide bonds. The first-order chi connectivity index (χ1) is 7.25. The number of fused-ring (bicyclic) bond motifs is 1. The maximum atomic E-state index is 11.7. The predicted molar refractivity (Wildman–Crippen MR) is 61.7 cm³/mol. The van der Waals surface area contributed by atoms with Gasteiger partial charge in [0.1, 0.15) is 4.83 Å². The number of anilines is 1. The van der Waals surface area contributed by atoms with Gasteiger partial charge in [-0.2, -0.15) is 0 Å². The Hall–Kier alpha value is -1.36. The van der Waals surface area contributed by atoms with E-state index in [4.69, 9.17) is 0 Å². The second-order valence-corrected chi connectivity index (χ2v) is 4.75. The lowest BCUT2D eigenvalue weighted by molar-refractivity contribution is 0.471. The van der Waals surface area contributed by atoms with Crippen molar-refractivity contribution in [3.8, 4) is 0 Å². The van der Waals surface area contributed by atoms with Crippen LogP contribution in [0.1, 0.15) is 13.3 Å². The van der Waals surface area contributed by atoms with Crippen molar-refractivity contribution in [1.82, 2.24) is 9.97 Å². The van der Waals surface area contributed by atoms with E-state index in [1.807, 2.05) is 11.4 Å². The second kappa shape index (κ2) is 3.06. The van der Waals surface area contributed by atoms with Crippen LogP contribution in [-0.4, -0.2) is 22.6 Å². The van der Waals surface area contributed by atoms with E-state index in [0.29, 0.717) is 17.4 Å². The maximum Gasteiger partial charge on any atom is 0.261 e. The highest BCUT2D eigenvalue weighted by atomic mass is 32.1. The molecule has 15 heavy (non-hydrogen) atoms. The molecule has 1 saturated heterocycles. The average Bonchev–Trinajstić information content (AvgIpc) is 2.64. The molecule has 1 fully saturated rings. The van der Waals surface area contributed by atoms with E-state index >= 15 is 0 Å². The number of nitrogens with one attached hydrogen (secondary N) is 1. The lowest BCUT2D eigenvalue weighted by Gasteiger charge is -2.38. The van der Waals surface area contributed by atoms with E-state index in [9.17, 15) is 4.79 Å². The van der Waals surface area contributed by atoms with Crippen molar-refractivity contribution < 1.29 is 0 Å². The highest BCUT2D eigenvalue weighted by Gasteiger charge is 2.25. The largest absolute Gasteiger partial charge is 0.339 e. The quantitative estimate of drug-likeness (QED) is 0.795. The highest BCUT2D eigenvalue weighted by molar-refractivity contribution is 7.16. The minimum atomic E-state index is -0.0321. The first-order valence-electron chi connectivity index (χ1n) is 5.00. The molecular formula is C10H11N3OS. The summed E-state index contributed by atoms with van der Waals surface area (Å²) in [4.78, 5) is 21.9. The van der Waals surface area contributed by atoms with Gasteiger partial charge in [-0.15, -0.1) is 11.3 Å². The molecule has 1 N–H and O–H groups in total. The highest BCUT2D eigenvalue weighted by Crippen LogP contribution is 2.24. The van der Waals surface area contributed by atoms with E-state index in [0.717, 1.165) is 11.4 Å². The zero-order valence-electron chi connectivity index (χ0n) is 8.36. The first-order valence-corrected chi connectivity index (χ1v) is 5.88. The van der Waals surface area contributed by atoms with Crippen LogP contribution in [0.4, 0.5) is 5.95 Å². The van der Waals surface area contributed by atoms with Crippen LogP contribution in [0.3, 0.4) is 0 Å². The van der Waals surface area contributed by atoms with E-state index in [-0.39, 0.29) is 5.56 Å². The summed E-state index contributed by atoms with van der Waals surface area (Å²) in [5.74, 6) is 0.716. The Bertz CT molecular complexity index is 559. The molecule has 1 aliphatic heterocycles. The minimum Gasteiger partial charge on any atom is -0.339 e. The molecule has 4 nitrogen and oxygen atoms in total. The second-order valence-electron chi connectivity index (χ2n) is 3.86. The van der Waals surface area contributed by atoms with Gasteiger partial charge in [0, 0.05) is 12.6 Å². The number of aromatic amines is 1. The van der Waals surface area contributed by atoms with Gasteiger partial charge in [0.05, 0.1) is 5.39 Å². The van der Waals surface area contributed by atoms with Crippen LogP contribution in [0.2, 0.25) is 0 Å². The van der Waals surface area contributed by atoms with Crippen LogP contribution >= 0.6 is 11.3 Å². The van der Waals surface area contributed by atoms with E-state index < -0.39 is 0 Å². The Labute approximate surface area is 90.6 Å². The molecule has 78 valence electrons. The molecule has 3 rings (SSSR count). The Morgan fingerprint density at radius 1 is 1.67 bits per heavy atom. The van der Waals surface area contributed by atoms with Crippen LogP contribution < -0.4 is 10.5 Å². The summed E-state index contributed by atoms with van der Waals surface area (Å²) in [6.07, 6.45) is 1.17. The van der Waals surface area contributed by atoms with Crippen molar-refractivity contribution in [2.24, 2.45) is 0 Å². The van der Waals surface area contributed by atoms with Gasteiger partial charge in [-0.1, -0.05) is 0 Å². The molecule has 0 radical (unpaired) electrons. The predicted octanol–water partition coefficient (Wildman–Crippen LogP) is 1.58. The number of hydrogen-bond acceptors (Lipinski definition) is 4. The van der Waals surface area contributed by atoms with Crippen LogP contribution in [0.25, 0.3) is 10.2 Å². The van der Waals surface area contributed by atoms with Crippen LogP contribution in [0.15, 0.2) is 16.2 Å². The molecule has 0 bridgehead atoms. The van der Waals surface area contributed by atoms with E-state index in [1.165, 1.54) is 17.8 Å². The maximum absolute atomic E-state index is 11.7. The number of H-pyrrole nitrogens is 1. The summed E-state index contributed by atoms with van der Waals surface area (Å²) in [6.45, 7) is 3.13. The van der Waals surface area contributed by atoms with Gasteiger partial charge < -0.3 is 4.90 Å². The molecule has 1 atom stereocenters. The molecule has 0 spiro atoms. The smallest absolute Gasteiger partial charge is 0.261 e. The van der Waals surface area contributed by atoms with Crippen molar-refractivity contribution in [2.75, 3.05) is 11.4 Å². The Balaban J connectivity index is 2.16. The van der Waals surface area contributed by atoms with Crippen molar-refractivity contribution >= 4 is 27.5 Å². The zero-order valence-corrected chi connectivity index (χ0v) is 9.17. The van der Waals surface area contributed by atoms with E-state index in [2.05, 4.69) is 21.8 Å². The molecule has 5 heteroatoms. The average molecular weight is 221 g/mol. The molecule has 3 heterocycles. The molecule has 2 aromatic rings. The minimum absolute atomic E-state index is 0.0321. The van der Waals surface area contributed by atoms with Gasteiger partial charge in [0.25, 0.3) is 5.56 Å². The van der Waals surface area contributed by atoms with Gasteiger partial charge in [-0.25, -0.2) is 4.98 Å². The fourth-order valence-corrected chi connectivity index (χ4v) is 2.58. The Kier molecular flexibility index (Phi) is 1.82. The number of rotatable bonds is 1. The topological polar surface area (TPSA) is 49.0 Å². The molecule has 0 aliphatic carbocycles. The Morgan fingerprint density at radius 3 is 3.20 bits per heavy atom. The zero-order chi connectivity index (χ0) is 10.4. The summed E-state index contributed by atoms with van der Waals surface area (Å²) >= 11 is 1.51. The van der Waals surface area contributed by atoms with Crippen LogP contribution in [0.5, 0.6) is 0 Å². The number of nitrogens with zero attached hydrogens (tertiary/aromatic N) is 2. The van der Waals surface area contributed by atoms with Crippen LogP contribution in [0, 0.1) is 0 Å². The van der Waals surface area contributed by atoms with Gasteiger partial charge in [0.2, 0.25) is 5.95 Å². The number of hydrogen-bond donors (Lipinski definition) is 1. The fourth-order valence-electron chi connectivity index (χ4n) is 1.82. The Morgan fingerprint density at radius 2 is 2.53 bits per heavy atom.